The van der Waals surface area contributed by atoms with Crippen molar-refractivity contribution in [1.82, 2.24) is 9.88 Å². The van der Waals surface area contributed by atoms with E-state index in [0.717, 1.165) is 5.56 Å². The zero-order valence-electron chi connectivity index (χ0n) is 20.2. The molecule has 1 aliphatic rings. The van der Waals surface area contributed by atoms with E-state index in [2.05, 4.69) is 25.8 Å². The maximum Gasteiger partial charge on any atom is 0.329 e. The van der Waals surface area contributed by atoms with E-state index in [4.69, 9.17) is 4.74 Å². The Bertz CT molecular complexity index is 999. The number of carboxylic acid groups (broad SMARTS) is 1. The summed E-state index contributed by atoms with van der Waals surface area (Å²) in [7, 11) is 1.56. The highest BCUT2D eigenvalue weighted by Gasteiger charge is 2.59. The predicted molar refractivity (Wildman–Crippen MR) is 128 cm³/mol. The number of amides is 1. The number of rotatable bonds is 7. The fourth-order valence-corrected chi connectivity index (χ4v) is 5.65. The van der Waals surface area contributed by atoms with Gasteiger partial charge in [0.1, 0.15) is 11.3 Å². The molecule has 1 amide bonds. The molecule has 2 heterocycles. The summed E-state index contributed by atoms with van der Waals surface area (Å²) >= 11 is 1.38. The van der Waals surface area contributed by atoms with E-state index in [1.165, 1.54) is 16.2 Å². The summed E-state index contributed by atoms with van der Waals surface area (Å²) in [6, 6.07) is 4.67. The molecule has 0 saturated carbocycles. The topological polar surface area (TPSA) is 100.0 Å². The van der Waals surface area contributed by atoms with E-state index in [1.807, 2.05) is 25.3 Å². The quantitative estimate of drug-likeness (QED) is 0.612. The molecule has 3 atom stereocenters. The van der Waals surface area contributed by atoms with Gasteiger partial charge >= 0.3 is 5.97 Å². The van der Waals surface area contributed by atoms with Crippen molar-refractivity contribution in [2.45, 2.75) is 64.5 Å². The number of aromatic nitrogens is 1. The van der Waals surface area contributed by atoms with Crippen molar-refractivity contribution in [3.05, 3.63) is 45.9 Å². The minimum atomic E-state index is -1.44. The van der Waals surface area contributed by atoms with Crippen molar-refractivity contribution < 1.29 is 24.5 Å². The Hall–Kier alpha value is -2.45. The van der Waals surface area contributed by atoms with E-state index in [9.17, 15) is 19.8 Å². The third-order valence-corrected chi connectivity index (χ3v) is 7.00. The molecule has 0 unspecified atom stereocenters. The van der Waals surface area contributed by atoms with Crippen molar-refractivity contribution in [3.8, 4) is 5.75 Å². The number of methoxy groups -OCH3 is 1. The molecule has 180 valence electrons. The van der Waals surface area contributed by atoms with Gasteiger partial charge in [0.05, 0.1) is 24.4 Å². The van der Waals surface area contributed by atoms with Crippen LogP contribution in [0.3, 0.4) is 0 Å². The number of aliphatic carboxylic acids is 1. The Kier molecular flexibility index (Phi) is 7.19. The molecule has 1 saturated heterocycles. The summed E-state index contributed by atoms with van der Waals surface area (Å²) in [4.78, 5) is 32.7. The predicted octanol–water partition coefficient (Wildman–Crippen LogP) is 4.51. The van der Waals surface area contributed by atoms with Crippen LogP contribution in [0.4, 0.5) is 0 Å². The van der Waals surface area contributed by atoms with E-state index >= 15 is 0 Å². The number of carbonyl (C=O) groups is 2. The number of nitrogens with zero attached hydrogens (tertiary/aromatic N) is 2. The van der Waals surface area contributed by atoms with E-state index in [-0.39, 0.29) is 30.8 Å². The number of benzene rings is 1. The number of carbonyl (C=O) groups excluding carboxylic acids is 1. The molecule has 1 aliphatic heterocycles. The number of aliphatic hydroxyl groups excluding tert-OH is 1. The van der Waals surface area contributed by atoms with Crippen LogP contribution in [0.5, 0.6) is 5.75 Å². The average Bonchev–Trinajstić information content (AvgIpc) is 3.37. The summed E-state index contributed by atoms with van der Waals surface area (Å²) in [5.41, 5.74) is 1.96. The number of thiazole rings is 1. The Morgan fingerprint density at radius 1 is 1.33 bits per heavy atom. The third kappa shape index (κ3) is 4.64. The summed E-state index contributed by atoms with van der Waals surface area (Å²) in [6.45, 7) is 9.85. The highest BCUT2D eigenvalue weighted by Crippen LogP contribution is 2.50. The molecular weight excluding hydrogens is 440 g/mol. The van der Waals surface area contributed by atoms with Gasteiger partial charge in [-0.25, -0.2) is 9.78 Å². The minimum Gasteiger partial charge on any atom is -0.496 e. The fraction of sp³-hybridized carbons (Fsp3) is 0.560. The molecule has 1 fully saturated rings. The first-order valence-electron chi connectivity index (χ1n) is 11.2. The molecule has 2 N–H and O–H groups in total. The molecule has 1 aromatic heterocycles. The van der Waals surface area contributed by atoms with Crippen molar-refractivity contribution in [3.63, 3.8) is 0 Å². The van der Waals surface area contributed by atoms with Gasteiger partial charge in [0.25, 0.3) is 5.91 Å². The normalized spacial score (nSPS) is 23.2. The lowest BCUT2D eigenvalue weighted by molar-refractivity contribution is -0.150. The van der Waals surface area contributed by atoms with Crippen LogP contribution in [0.2, 0.25) is 0 Å². The lowest BCUT2D eigenvalue weighted by Gasteiger charge is -2.39. The Morgan fingerprint density at radius 3 is 2.52 bits per heavy atom. The molecule has 33 heavy (non-hydrogen) atoms. The first-order chi connectivity index (χ1) is 15.5. The van der Waals surface area contributed by atoms with Crippen molar-refractivity contribution >= 4 is 23.2 Å². The summed E-state index contributed by atoms with van der Waals surface area (Å²) in [5, 5.41) is 22.5. The zero-order valence-corrected chi connectivity index (χ0v) is 21.0. The Balaban J connectivity index is 2.19. The maximum absolute atomic E-state index is 14.0. The molecule has 0 bridgehead atoms. The molecule has 0 spiro atoms. The van der Waals surface area contributed by atoms with Gasteiger partial charge < -0.3 is 19.8 Å². The van der Waals surface area contributed by atoms with Crippen LogP contribution in [-0.4, -0.2) is 51.2 Å². The van der Waals surface area contributed by atoms with Crippen LogP contribution in [0.15, 0.2) is 29.1 Å². The van der Waals surface area contributed by atoms with Crippen LogP contribution in [0.1, 0.15) is 75.1 Å². The van der Waals surface area contributed by atoms with Crippen LogP contribution in [-0.2, 0) is 10.2 Å². The fourth-order valence-electron chi connectivity index (χ4n) is 5.07. The molecule has 1 aromatic carbocycles. The van der Waals surface area contributed by atoms with Crippen LogP contribution < -0.4 is 4.74 Å². The van der Waals surface area contributed by atoms with Gasteiger partial charge in [-0.2, -0.15) is 0 Å². The highest BCUT2D eigenvalue weighted by molar-refractivity contribution is 7.07. The molecular formula is C25H34N2O5S. The zero-order chi connectivity index (χ0) is 24.6. The lowest BCUT2D eigenvalue weighted by atomic mass is 9.83. The smallest absolute Gasteiger partial charge is 0.329 e. The second-order valence-electron chi connectivity index (χ2n) is 10.3. The highest BCUT2D eigenvalue weighted by atomic mass is 32.1. The number of likely N-dealkylation sites (tertiary alicyclic amines) is 1. The molecule has 2 aromatic rings. The van der Waals surface area contributed by atoms with Crippen molar-refractivity contribution in [2.75, 3.05) is 13.7 Å². The monoisotopic (exact) mass is 474 g/mol. The van der Waals surface area contributed by atoms with E-state index in [0.29, 0.717) is 17.0 Å². The number of hydrogen-bond donors (Lipinski definition) is 2. The minimum absolute atomic E-state index is 0.0303. The molecule has 8 heteroatoms. The summed E-state index contributed by atoms with van der Waals surface area (Å²) in [5.74, 6) is -1.27. The van der Waals surface area contributed by atoms with Gasteiger partial charge in [-0.3, -0.25) is 4.79 Å². The first kappa shape index (κ1) is 25.2. The SMILES string of the molecule is COc1cc(C(=O)N2[C@@H](c3cscn3)[C@@H](CO)C[C@@]2(CC(C)C)C(=O)O)ccc1C(C)(C)C. The number of ether oxygens (including phenoxy) is 1. The summed E-state index contributed by atoms with van der Waals surface area (Å²) in [6.07, 6.45) is 0.449. The van der Waals surface area contributed by atoms with Gasteiger partial charge in [-0.1, -0.05) is 40.7 Å². The van der Waals surface area contributed by atoms with E-state index < -0.39 is 29.4 Å². The van der Waals surface area contributed by atoms with Gasteiger partial charge in [-0.15, -0.1) is 11.3 Å². The molecule has 3 rings (SSSR count). The number of carboxylic acids is 1. The van der Waals surface area contributed by atoms with Crippen LogP contribution >= 0.6 is 11.3 Å². The first-order valence-corrected chi connectivity index (χ1v) is 12.1. The molecule has 7 nitrogen and oxygen atoms in total. The summed E-state index contributed by atoms with van der Waals surface area (Å²) < 4.78 is 5.59. The van der Waals surface area contributed by atoms with Crippen molar-refractivity contribution in [1.29, 1.82) is 0 Å². The van der Waals surface area contributed by atoms with Gasteiger partial charge in [0.15, 0.2) is 0 Å². The third-order valence-electron chi connectivity index (χ3n) is 6.39. The second kappa shape index (κ2) is 9.43. The number of hydrogen-bond acceptors (Lipinski definition) is 6. The Labute approximate surface area is 199 Å². The van der Waals surface area contributed by atoms with Gasteiger partial charge in [0.2, 0.25) is 0 Å². The standard InChI is InChI=1S/C25H34N2O5S/c1-15(2)10-25(23(30)31)11-17(12-28)21(19-13-33-14-26-19)27(25)22(29)16-7-8-18(24(3,4)5)20(9-16)32-6/h7-9,13-15,17,21,28H,10-12H2,1-6H3,(H,30,31)/t17-,21-,25+/m1/s1. The Morgan fingerprint density at radius 2 is 2.03 bits per heavy atom. The lowest BCUT2D eigenvalue weighted by Crippen LogP contribution is -2.54. The average molecular weight is 475 g/mol. The molecule has 0 radical (unpaired) electrons. The van der Waals surface area contributed by atoms with Crippen LogP contribution in [0.25, 0.3) is 0 Å². The van der Waals surface area contributed by atoms with Crippen LogP contribution in [0, 0.1) is 11.8 Å². The maximum atomic E-state index is 14.0. The largest absolute Gasteiger partial charge is 0.496 e. The van der Waals surface area contributed by atoms with Crippen molar-refractivity contribution in [2.24, 2.45) is 11.8 Å². The van der Waals surface area contributed by atoms with Gasteiger partial charge in [-0.05, 0) is 41.9 Å². The van der Waals surface area contributed by atoms with E-state index in [1.54, 1.807) is 24.8 Å². The van der Waals surface area contributed by atoms with Gasteiger partial charge in [0, 0.05) is 23.5 Å². The number of aliphatic hydroxyl groups is 1. The molecule has 0 aliphatic carbocycles. The second-order valence-corrected chi connectivity index (χ2v) is 11.0.